The molecule has 1 aromatic heterocycles. The molecule has 0 amide bonds. The highest BCUT2D eigenvalue weighted by atomic mass is 79.9. The van der Waals surface area contributed by atoms with Gasteiger partial charge in [0.25, 0.3) is 0 Å². The molecule has 0 spiro atoms. The van der Waals surface area contributed by atoms with Gasteiger partial charge in [-0.15, -0.1) is 0 Å². The van der Waals surface area contributed by atoms with Crippen LogP contribution in [0.4, 0.5) is 0 Å². The van der Waals surface area contributed by atoms with Crippen molar-refractivity contribution in [1.29, 1.82) is 0 Å². The van der Waals surface area contributed by atoms with Gasteiger partial charge in [0, 0.05) is 23.2 Å². The van der Waals surface area contributed by atoms with Crippen molar-refractivity contribution in [3.05, 3.63) is 48.3 Å². The van der Waals surface area contributed by atoms with Gasteiger partial charge in [-0.3, -0.25) is 0 Å². The van der Waals surface area contributed by atoms with Gasteiger partial charge in [-0.1, -0.05) is 34.1 Å². The molecule has 1 aliphatic heterocycles. The summed E-state index contributed by atoms with van der Waals surface area (Å²) in [4.78, 5) is 0.313. The molecule has 4 heteroatoms. The van der Waals surface area contributed by atoms with Gasteiger partial charge >= 0.3 is 0 Å². The molecule has 1 aliphatic rings. The third-order valence-electron chi connectivity index (χ3n) is 3.48. The molecule has 1 saturated heterocycles. The first-order valence-corrected chi connectivity index (χ1v) is 7.60. The van der Waals surface area contributed by atoms with Gasteiger partial charge in [0.1, 0.15) is 0 Å². The highest BCUT2D eigenvalue weighted by molar-refractivity contribution is 9.09. The second-order valence-corrected chi connectivity index (χ2v) is 6.00. The van der Waals surface area contributed by atoms with Crippen LogP contribution in [0, 0.1) is 0 Å². The van der Waals surface area contributed by atoms with E-state index in [-0.39, 0.29) is 0 Å². The zero-order valence-electron chi connectivity index (χ0n) is 10.7. The quantitative estimate of drug-likeness (QED) is 0.799. The van der Waals surface area contributed by atoms with Crippen LogP contribution in [0.5, 0.6) is 0 Å². The van der Waals surface area contributed by atoms with E-state index < -0.39 is 0 Å². The molecule has 1 fully saturated rings. The maximum absolute atomic E-state index is 5.68. The number of nitrogens with zero attached hydrogens (tertiary/aromatic N) is 2. The van der Waals surface area contributed by atoms with Gasteiger partial charge in [0.15, 0.2) is 0 Å². The number of rotatable bonds is 4. The standard InChI is InChI=1S/C15H17BrN2O/c16-15(9-14-7-4-8-19-14)12-10-17-18(11-12)13-5-2-1-3-6-13/h1-3,5-6,10-11,14-15H,4,7-9H2. The minimum absolute atomic E-state index is 0.313. The van der Waals surface area contributed by atoms with E-state index in [0.717, 1.165) is 18.7 Å². The average molecular weight is 321 g/mol. The lowest BCUT2D eigenvalue weighted by molar-refractivity contribution is 0.104. The molecular weight excluding hydrogens is 304 g/mol. The lowest BCUT2D eigenvalue weighted by Gasteiger charge is -2.13. The maximum atomic E-state index is 5.68. The summed E-state index contributed by atoms with van der Waals surface area (Å²) in [5.41, 5.74) is 2.30. The molecule has 0 bridgehead atoms. The van der Waals surface area contributed by atoms with Crippen LogP contribution in [-0.4, -0.2) is 22.5 Å². The van der Waals surface area contributed by atoms with Crippen LogP contribution >= 0.6 is 15.9 Å². The molecule has 1 aromatic carbocycles. The first-order valence-electron chi connectivity index (χ1n) is 6.68. The molecule has 2 atom stereocenters. The number of halogens is 1. The van der Waals surface area contributed by atoms with Crippen molar-refractivity contribution in [3.8, 4) is 5.69 Å². The molecule has 2 unspecified atom stereocenters. The normalized spacial score (nSPS) is 20.6. The van der Waals surface area contributed by atoms with Crippen LogP contribution in [0.25, 0.3) is 5.69 Å². The van der Waals surface area contributed by atoms with E-state index >= 15 is 0 Å². The molecule has 2 heterocycles. The second kappa shape index (κ2) is 5.88. The van der Waals surface area contributed by atoms with E-state index in [2.05, 4.69) is 39.4 Å². The minimum Gasteiger partial charge on any atom is -0.378 e. The average Bonchev–Trinajstić information content (AvgIpc) is 3.10. The van der Waals surface area contributed by atoms with Gasteiger partial charge in [-0.25, -0.2) is 4.68 Å². The Balaban J connectivity index is 1.70. The topological polar surface area (TPSA) is 27.1 Å². The Morgan fingerprint density at radius 3 is 2.95 bits per heavy atom. The fourth-order valence-corrected chi connectivity index (χ4v) is 3.07. The highest BCUT2D eigenvalue weighted by Crippen LogP contribution is 2.31. The second-order valence-electron chi connectivity index (χ2n) is 4.89. The van der Waals surface area contributed by atoms with Crippen molar-refractivity contribution in [2.75, 3.05) is 6.61 Å². The number of hydrogen-bond donors (Lipinski definition) is 0. The first kappa shape index (κ1) is 12.9. The number of benzene rings is 1. The van der Waals surface area contributed by atoms with Crippen LogP contribution in [0.1, 0.15) is 29.7 Å². The molecular formula is C15H17BrN2O. The van der Waals surface area contributed by atoms with E-state index in [4.69, 9.17) is 4.74 Å². The van der Waals surface area contributed by atoms with Crippen LogP contribution in [0.3, 0.4) is 0 Å². The van der Waals surface area contributed by atoms with Crippen molar-refractivity contribution in [3.63, 3.8) is 0 Å². The van der Waals surface area contributed by atoms with Crippen molar-refractivity contribution >= 4 is 15.9 Å². The molecule has 0 aliphatic carbocycles. The molecule has 100 valence electrons. The number of hydrogen-bond acceptors (Lipinski definition) is 2. The first-order chi connectivity index (χ1) is 9.33. The molecule has 0 saturated carbocycles. The summed E-state index contributed by atoms with van der Waals surface area (Å²) in [6, 6.07) is 10.2. The van der Waals surface area contributed by atoms with Gasteiger partial charge in [-0.2, -0.15) is 5.10 Å². The lowest BCUT2D eigenvalue weighted by Crippen LogP contribution is -2.07. The molecule has 3 rings (SSSR count). The molecule has 3 nitrogen and oxygen atoms in total. The van der Waals surface area contributed by atoms with E-state index in [0.29, 0.717) is 10.9 Å². The summed E-state index contributed by atoms with van der Waals surface area (Å²) in [6.07, 6.45) is 7.79. The summed E-state index contributed by atoms with van der Waals surface area (Å²) < 4.78 is 7.60. The maximum Gasteiger partial charge on any atom is 0.0645 e. The summed E-state index contributed by atoms with van der Waals surface area (Å²) in [6.45, 7) is 0.910. The number of alkyl halides is 1. The number of para-hydroxylation sites is 1. The van der Waals surface area contributed by atoms with Gasteiger partial charge < -0.3 is 4.74 Å². The fraction of sp³-hybridized carbons (Fsp3) is 0.400. The van der Waals surface area contributed by atoms with E-state index in [1.54, 1.807) is 0 Å². The van der Waals surface area contributed by atoms with Crippen molar-refractivity contribution in [2.45, 2.75) is 30.2 Å². The summed E-state index contributed by atoms with van der Waals surface area (Å²) in [5, 5.41) is 4.43. The fourth-order valence-electron chi connectivity index (χ4n) is 2.42. The molecule has 0 N–H and O–H groups in total. The molecule has 19 heavy (non-hydrogen) atoms. The Bertz CT molecular complexity index is 520. The number of aromatic nitrogens is 2. The van der Waals surface area contributed by atoms with Gasteiger partial charge in [0.05, 0.1) is 18.0 Å². The Morgan fingerprint density at radius 1 is 1.37 bits per heavy atom. The number of ether oxygens (including phenoxy) is 1. The van der Waals surface area contributed by atoms with Crippen molar-refractivity contribution in [2.24, 2.45) is 0 Å². The van der Waals surface area contributed by atoms with Crippen LogP contribution in [0.2, 0.25) is 0 Å². The Kier molecular flexibility index (Phi) is 3.99. The predicted octanol–water partition coefficient (Wildman–Crippen LogP) is 3.88. The Labute approximate surface area is 121 Å². The zero-order valence-corrected chi connectivity index (χ0v) is 12.3. The minimum atomic E-state index is 0.313. The Hall–Kier alpha value is -1.13. The predicted molar refractivity (Wildman–Crippen MR) is 78.8 cm³/mol. The van der Waals surface area contributed by atoms with Crippen molar-refractivity contribution in [1.82, 2.24) is 9.78 Å². The lowest BCUT2D eigenvalue weighted by atomic mass is 10.1. The van der Waals surface area contributed by atoms with E-state index in [1.165, 1.54) is 18.4 Å². The molecule has 2 aromatic rings. The van der Waals surface area contributed by atoms with E-state index in [9.17, 15) is 0 Å². The largest absolute Gasteiger partial charge is 0.378 e. The van der Waals surface area contributed by atoms with Crippen LogP contribution < -0.4 is 0 Å². The third-order valence-corrected chi connectivity index (χ3v) is 4.38. The summed E-state index contributed by atoms with van der Waals surface area (Å²) >= 11 is 3.75. The monoisotopic (exact) mass is 320 g/mol. The smallest absolute Gasteiger partial charge is 0.0645 e. The van der Waals surface area contributed by atoms with Crippen LogP contribution in [-0.2, 0) is 4.74 Å². The highest BCUT2D eigenvalue weighted by Gasteiger charge is 2.21. The summed E-state index contributed by atoms with van der Waals surface area (Å²) in [5.74, 6) is 0. The van der Waals surface area contributed by atoms with E-state index in [1.807, 2.05) is 29.1 Å². The summed E-state index contributed by atoms with van der Waals surface area (Å²) in [7, 11) is 0. The van der Waals surface area contributed by atoms with Gasteiger partial charge in [0.2, 0.25) is 0 Å². The third kappa shape index (κ3) is 3.07. The van der Waals surface area contributed by atoms with Gasteiger partial charge in [-0.05, 0) is 31.4 Å². The Morgan fingerprint density at radius 2 is 2.21 bits per heavy atom. The SMILES string of the molecule is BrC(CC1CCCO1)c1cnn(-c2ccccc2)c1. The molecule has 0 radical (unpaired) electrons. The van der Waals surface area contributed by atoms with Crippen molar-refractivity contribution < 1.29 is 4.74 Å². The van der Waals surface area contributed by atoms with Crippen LogP contribution in [0.15, 0.2) is 42.7 Å². The zero-order chi connectivity index (χ0) is 13.1.